The van der Waals surface area contributed by atoms with Crippen LogP contribution in [0.4, 0.5) is 0 Å². The lowest BCUT2D eigenvalue weighted by Crippen LogP contribution is -2.56. The number of hydrogen-bond donors (Lipinski definition) is 3. The summed E-state index contributed by atoms with van der Waals surface area (Å²) < 4.78 is 5.28. The van der Waals surface area contributed by atoms with Crippen molar-refractivity contribution in [2.75, 3.05) is 19.7 Å². The van der Waals surface area contributed by atoms with Crippen molar-refractivity contribution in [2.45, 2.75) is 19.1 Å². The number of nitrogens with one attached hydrogen (secondary N) is 2. The molecule has 2 atom stereocenters. The summed E-state index contributed by atoms with van der Waals surface area (Å²) >= 11 is 0. The van der Waals surface area contributed by atoms with Crippen molar-refractivity contribution in [3.8, 4) is 0 Å². The molecule has 6 heteroatoms. The van der Waals surface area contributed by atoms with Gasteiger partial charge in [-0.15, -0.1) is 0 Å². The predicted molar refractivity (Wildman–Crippen MR) is 49.4 cm³/mol. The van der Waals surface area contributed by atoms with Gasteiger partial charge in [0.05, 0.1) is 19.3 Å². The van der Waals surface area contributed by atoms with Crippen LogP contribution < -0.4 is 16.4 Å². The summed E-state index contributed by atoms with van der Waals surface area (Å²) in [5.74, 6) is -0.807. The second-order valence-electron chi connectivity index (χ2n) is 3.19. The van der Waals surface area contributed by atoms with Gasteiger partial charge in [-0.2, -0.15) is 0 Å². The average Bonchev–Trinajstić information content (AvgIpc) is 2.15. The van der Waals surface area contributed by atoms with Crippen molar-refractivity contribution >= 4 is 11.8 Å². The lowest BCUT2D eigenvalue weighted by Gasteiger charge is -2.29. The van der Waals surface area contributed by atoms with Crippen LogP contribution >= 0.6 is 0 Å². The first-order valence-corrected chi connectivity index (χ1v) is 4.52. The molecule has 0 aromatic rings. The van der Waals surface area contributed by atoms with E-state index in [0.717, 1.165) is 0 Å². The number of hydrogen-bond acceptors (Lipinski definition) is 4. The van der Waals surface area contributed by atoms with Gasteiger partial charge in [0.1, 0.15) is 6.04 Å². The summed E-state index contributed by atoms with van der Waals surface area (Å²) in [7, 11) is 0. The summed E-state index contributed by atoms with van der Waals surface area (Å²) in [5.41, 5.74) is 4.90. The Bertz CT molecular complexity index is 232. The molecule has 0 radical (unpaired) electrons. The molecule has 0 aromatic heterocycles. The maximum Gasteiger partial charge on any atom is 0.240 e. The van der Waals surface area contributed by atoms with E-state index in [1.807, 2.05) is 0 Å². The Hall–Kier alpha value is -1.14. The fourth-order valence-electron chi connectivity index (χ4n) is 1.31. The van der Waals surface area contributed by atoms with Crippen molar-refractivity contribution in [2.24, 2.45) is 5.73 Å². The second kappa shape index (κ2) is 4.92. The van der Waals surface area contributed by atoms with E-state index in [-0.39, 0.29) is 18.6 Å². The highest BCUT2D eigenvalue weighted by atomic mass is 16.5. The molecule has 1 heterocycles. The van der Waals surface area contributed by atoms with Gasteiger partial charge < -0.3 is 21.1 Å². The van der Waals surface area contributed by atoms with Gasteiger partial charge in [0.25, 0.3) is 0 Å². The Morgan fingerprint density at radius 3 is 2.93 bits per heavy atom. The molecule has 14 heavy (non-hydrogen) atoms. The van der Waals surface area contributed by atoms with Gasteiger partial charge >= 0.3 is 0 Å². The number of carbonyl (C=O) groups excluding carboxylic acids is 2. The summed E-state index contributed by atoms with van der Waals surface area (Å²) in [5, 5.41) is 5.43. The van der Waals surface area contributed by atoms with E-state index in [1.165, 1.54) is 0 Å². The van der Waals surface area contributed by atoms with Crippen molar-refractivity contribution in [1.29, 1.82) is 0 Å². The Kier molecular flexibility index (Phi) is 3.84. The molecule has 0 bridgehead atoms. The highest BCUT2D eigenvalue weighted by molar-refractivity contribution is 5.87. The normalized spacial score (nSPS) is 26.9. The molecule has 2 amide bonds. The molecular formula is C8H15N3O3. The standard InChI is InChI=1S/C8H15N3O3/c1-5-7(10-2-3-14-5)8(13)11-4-6(9)12/h5,7,10H,2-4H2,1H3,(H2,9,12)(H,11,13). The highest BCUT2D eigenvalue weighted by Gasteiger charge is 2.27. The van der Waals surface area contributed by atoms with Crippen LogP contribution in [-0.4, -0.2) is 43.7 Å². The van der Waals surface area contributed by atoms with Gasteiger partial charge in [-0.05, 0) is 6.92 Å². The van der Waals surface area contributed by atoms with Crippen molar-refractivity contribution in [1.82, 2.24) is 10.6 Å². The van der Waals surface area contributed by atoms with E-state index in [2.05, 4.69) is 10.6 Å². The monoisotopic (exact) mass is 201 g/mol. The Morgan fingerprint density at radius 2 is 2.36 bits per heavy atom. The van der Waals surface area contributed by atoms with Gasteiger partial charge in [-0.1, -0.05) is 0 Å². The quantitative estimate of drug-likeness (QED) is 0.490. The minimum Gasteiger partial charge on any atom is -0.375 e. The first-order valence-electron chi connectivity index (χ1n) is 4.52. The third-order valence-electron chi connectivity index (χ3n) is 2.04. The molecule has 0 saturated carbocycles. The van der Waals surface area contributed by atoms with E-state index in [0.29, 0.717) is 13.2 Å². The number of amides is 2. The third-order valence-corrected chi connectivity index (χ3v) is 2.04. The molecular weight excluding hydrogens is 186 g/mol. The number of morpholine rings is 1. The molecule has 6 nitrogen and oxygen atoms in total. The average molecular weight is 201 g/mol. The van der Waals surface area contributed by atoms with Crippen LogP contribution in [0.25, 0.3) is 0 Å². The molecule has 2 unspecified atom stereocenters. The molecule has 0 aliphatic carbocycles. The Labute approximate surface area is 82.2 Å². The van der Waals surface area contributed by atoms with E-state index in [9.17, 15) is 9.59 Å². The lowest BCUT2D eigenvalue weighted by molar-refractivity contribution is -0.130. The number of ether oxygens (including phenoxy) is 1. The largest absolute Gasteiger partial charge is 0.375 e. The number of nitrogens with two attached hydrogens (primary N) is 1. The fraction of sp³-hybridized carbons (Fsp3) is 0.750. The minimum absolute atomic E-state index is 0.135. The van der Waals surface area contributed by atoms with Crippen LogP contribution in [0.2, 0.25) is 0 Å². The molecule has 1 saturated heterocycles. The van der Waals surface area contributed by atoms with Crippen LogP contribution in [-0.2, 0) is 14.3 Å². The first-order chi connectivity index (χ1) is 6.61. The zero-order valence-electron chi connectivity index (χ0n) is 8.08. The third kappa shape index (κ3) is 2.97. The van der Waals surface area contributed by atoms with Crippen LogP contribution in [0.1, 0.15) is 6.92 Å². The molecule has 1 fully saturated rings. The summed E-state index contributed by atoms with van der Waals surface area (Å²) in [4.78, 5) is 21.9. The van der Waals surface area contributed by atoms with E-state index in [4.69, 9.17) is 10.5 Å². The maximum atomic E-state index is 11.5. The molecule has 1 aliphatic heterocycles. The summed E-state index contributed by atoms with van der Waals surface area (Å²) in [6, 6.07) is -0.400. The SMILES string of the molecule is CC1OCCNC1C(=O)NCC(N)=O. The molecule has 0 aromatic carbocycles. The maximum absolute atomic E-state index is 11.5. The molecule has 0 spiro atoms. The summed E-state index contributed by atoms with van der Waals surface area (Å²) in [6.45, 7) is 2.91. The minimum atomic E-state index is -0.553. The molecule has 1 aliphatic rings. The predicted octanol–water partition coefficient (Wildman–Crippen LogP) is -2.04. The van der Waals surface area contributed by atoms with Crippen LogP contribution in [0, 0.1) is 0 Å². The Balaban J connectivity index is 2.38. The van der Waals surface area contributed by atoms with Crippen molar-refractivity contribution in [3.63, 3.8) is 0 Å². The number of rotatable bonds is 3. The van der Waals surface area contributed by atoms with Gasteiger partial charge in [-0.3, -0.25) is 9.59 Å². The zero-order valence-corrected chi connectivity index (χ0v) is 8.08. The fourth-order valence-corrected chi connectivity index (χ4v) is 1.31. The van der Waals surface area contributed by atoms with Gasteiger partial charge in [0.15, 0.2) is 0 Å². The molecule has 1 rings (SSSR count). The first kappa shape index (κ1) is 10.9. The van der Waals surface area contributed by atoms with Gasteiger partial charge in [-0.25, -0.2) is 0 Å². The van der Waals surface area contributed by atoms with Crippen LogP contribution in [0.3, 0.4) is 0 Å². The van der Waals surface area contributed by atoms with Crippen molar-refractivity contribution < 1.29 is 14.3 Å². The van der Waals surface area contributed by atoms with E-state index < -0.39 is 11.9 Å². The molecule has 4 N–H and O–H groups in total. The van der Waals surface area contributed by atoms with Crippen LogP contribution in [0.15, 0.2) is 0 Å². The van der Waals surface area contributed by atoms with Crippen molar-refractivity contribution in [3.05, 3.63) is 0 Å². The lowest BCUT2D eigenvalue weighted by atomic mass is 10.1. The number of primary amides is 1. The van der Waals surface area contributed by atoms with E-state index >= 15 is 0 Å². The second-order valence-corrected chi connectivity index (χ2v) is 3.19. The molecule has 80 valence electrons. The summed E-state index contributed by atoms with van der Waals surface area (Å²) in [6.07, 6.45) is -0.184. The van der Waals surface area contributed by atoms with Gasteiger partial charge in [0, 0.05) is 6.54 Å². The van der Waals surface area contributed by atoms with E-state index in [1.54, 1.807) is 6.92 Å². The Morgan fingerprint density at radius 1 is 1.64 bits per heavy atom. The van der Waals surface area contributed by atoms with Gasteiger partial charge in [0.2, 0.25) is 11.8 Å². The highest BCUT2D eigenvalue weighted by Crippen LogP contribution is 2.03. The number of carbonyl (C=O) groups is 2. The van der Waals surface area contributed by atoms with Crippen LogP contribution in [0.5, 0.6) is 0 Å². The smallest absolute Gasteiger partial charge is 0.240 e. The topological polar surface area (TPSA) is 93.4 Å². The zero-order chi connectivity index (χ0) is 10.6.